The number of rotatable bonds is 3. The fourth-order valence-electron chi connectivity index (χ4n) is 3.80. The van der Waals surface area contributed by atoms with Crippen molar-refractivity contribution in [2.24, 2.45) is 5.92 Å². The van der Waals surface area contributed by atoms with E-state index in [1.165, 1.54) is 17.0 Å². The second kappa shape index (κ2) is 8.04. The molecule has 0 aliphatic carbocycles. The van der Waals surface area contributed by atoms with Crippen molar-refractivity contribution in [3.63, 3.8) is 0 Å². The summed E-state index contributed by atoms with van der Waals surface area (Å²) in [5, 5.41) is 0. The lowest BCUT2D eigenvalue weighted by Gasteiger charge is -2.36. The fraction of sp³-hybridized carbons (Fsp3) is 0.550. The number of halogens is 3. The number of piperazine rings is 1. The van der Waals surface area contributed by atoms with E-state index in [1.807, 2.05) is 13.8 Å². The molecular weight excluding hydrogens is 387 g/mol. The molecule has 1 unspecified atom stereocenters. The maximum atomic E-state index is 12.9. The van der Waals surface area contributed by atoms with Gasteiger partial charge in [0.05, 0.1) is 11.5 Å². The molecule has 1 atom stereocenters. The molecule has 9 heteroatoms. The number of benzene rings is 1. The predicted molar refractivity (Wildman–Crippen MR) is 98.9 cm³/mol. The third kappa shape index (κ3) is 4.54. The van der Waals surface area contributed by atoms with E-state index in [2.05, 4.69) is 0 Å². The molecule has 158 valence electrons. The summed E-state index contributed by atoms with van der Waals surface area (Å²) in [5.41, 5.74) is -0.883. The third-order valence-electron chi connectivity index (χ3n) is 5.45. The topological polar surface area (TPSA) is 60.9 Å². The molecule has 0 saturated carbocycles. The van der Waals surface area contributed by atoms with E-state index in [0.717, 1.165) is 12.1 Å². The Labute approximate surface area is 167 Å². The number of likely N-dealkylation sites (tertiary alicyclic amines) is 1. The highest BCUT2D eigenvalue weighted by molar-refractivity contribution is 5.95. The molecule has 0 bridgehead atoms. The Kier molecular flexibility index (Phi) is 5.86. The zero-order chi connectivity index (χ0) is 21.3. The van der Waals surface area contributed by atoms with Crippen LogP contribution in [0.2, 0.25) is 0 Å². The summed E-state index contributed by atoms with van der Waals surface area (Å²) in [6.07, 6.45) is -4.32. The first-order valence-electron chi connectivity index (χ1n) is 9.62. The van der Waals surface area contributed by atoms with Crippen molar-refractivity contribution in [2.75, 3.05) is 32.7 Å². The standard InChI is InChI=1S/C20H24F3N3O3/c1-13(2)26-12-15(11-17(26)27)19(29)25-8-6-24(7-9-25)18(28)14-4-3-5-16(10-14)20(21,22)23/h3-5,10,13,15H,6-9,11-12H2,1-2H3. The summed E-state index contributed by atoms with van der Waals surface area (Å²) in [4.78, 5) is 42.1. The predicted octanol–water partition coefficient (Wildman–Crippen LogP) is 2.25. The molecule has 0 aromatic heterocycles. The summed E-state index contributed by atoms with van der Waals surface area (Å²) in [7, 11) is 0. The Morgan fingerprint density at radius 3 is 2.24 bits per heavy atom. The summed E-state index contributed by atoms with van der Waals surface area (Å²) in [6, 6.07) is 4.40. The van der Waals surface area contributed by atoms with Crippen LogP contribution in [0, 0.1) is 5.92 Å². The van der Waals surface area contributed by atoms with Crippen LogP contribution in [-0.2, 0) is 15.8 Å². The van der Waals surface area contributed by atoms with Crippen molar-refractivity contribution >= 4 is 17.7 Å². The SMILES string of the molecule is CC(C)N1CC(C(=O)N2CCN(C(=O)c3cccc(C(F)(F)F)c3)CC2)CC1=O. The van der Waals surface area contributed by atoms with E-state index in [4.69, 9.17) is 0 Å². The van der Waals surface area contributed by atoms with Gasteiger partial charge in [0, 0.05) is 50.7 Å². The first-order chi connectivity index (χ1) is 13.6. The maximum Gasteiger partial charge on any atom is 0.416 e. The molecule has 2 saturated heterocycles. The van der Waals surface area contributed by atoms with Crippen molar-refractivity contribution in [1.29, 1.82) is 0 Å². The highest BCUT2D eigenvalue weighted by atomic mass is 19.4. The monoisotopic (exact) mass is 411 g/mol. The second-order valence-electron chi connectivity index (χ2n) is 7.74. The van der Waals surface area contributed by atoms with Gasteiger partial charge in [-0.15, -0.1) is 0 Å². The quantitative estimate of drug-likeness (QED) is 0.767. The molecule has 2 fully saturated rings. The number of amides is 3. The first kappa shape index (κ1) is 21.1. The van der Waals surface area contributed by atoms with E-state index in [0.29, 0.717) is 19.6 Å². The lowest BCUT2D eigenvalue weighted by molar-refractivity contribution is -0.138. The molecular formula is C20H24F3N3O3. The fourth-order valence-corrected chi connectivity index (χ4v) is 3.80. The van der Waals surface area contributed by atoms with Crippen molar-refractivity contribution in [3.05, 3.63) is 35.4 Å². The zero-order valence-corrected chi connectivity index (χ0v) is 16.4. The Hall–Kier alpha value is -2.58. The van der Waals surface area contributed by atoms with Crippen LogP contribution in [0.5, 0.6) is 0 Å². The molecule has 2 heterocycles. The minimum atomic E-state index is -4.51. The van der Waals surface area contributed by atoms with Gasteiger partial charge in [0.1, 0.15) is 0 Å². The van der Waals surface area contributed by atoms with E-state index in [9.17, 15) is 27.6 Å². The van der Waals surface area contributed by atoms with Crippen molar-refractivity contribution in [3.8, 4) is 0 Å². The van der Waals surface area contributed by atoms with Gasteiger partial charge in [-0.05, 0) is 32.0 Å². The van der Waals surface area contributed by atoms with Gasteiger partial charge >= 0.3 is 6.18 Å². The van der Waals surface area contributed by atoms with E-state index < -0.39 is 17.6 Å². The average molecular weight is 411 g/mol. The smallest absolute Gasteiger partial charge is 0.339 e. The number of alkyl halides is 3. The summed E-state index contributed by atoms with van der Waals surface area (Å²) < 4.78 is 38.6. The van der Waals surface area contributed by atoms with E-state index in [1.54, 1.807) is 9.80 Å². The van der Waals surface area contributed by atoms with Crippen molar-refractivity contribution in [1.82, 2.24) is 14.7 Å². The van der Waals surface area contributed by atoms with E-state index in [-0.39, 0.29) is 48.8 Å². The molecule has 2 aliphatic rings. The number of carbonyl (C=O) groups is 3. The average Bonchev–Trinajstić information content (AvgIpc) is 3.08. The molecule has 0 radical (unpaired) electrons. The third-order valence-corrected chi connectivity index (χ3v) is 5.45. The van der Waals surface area contributed by atoms with Gasteiger partial charge in [-0.25, -0.2) is 0 Å². The van der Waals surface area contributed by atoms with Crippen molar-refractivity contribution < 1.29 is 27.6 Å². The van der Waals surface area contributed by atoms with Crippen LogP contribution in [-0.4, -0.2) is 71.2 Å². The Balaban J connectivity index is 1.59. The van der Waals surface area contributed by atoms with Gasteiger partial charge in [0.15, 0.2) is 0 Å². The second-order valence-corrected chi connectivity index (χ2v) is 7.74. The van der Waals surface area contributed by atoms with Crippen LogP contribution in [0.25, 0.3) is 0 Å². The maximum absolute atomic E-state index is 12.9. The number of nitrogens with zero attached hydrogens (tertiary/aromatic N) is 3. The molecule has 1 aromatic carbocycles. The van der Waals surface area contributed by atoms with Gasteiger partial charge in [0.2, 0.25) is 11.8 Å². The van der Waals surface area contributed by atoms with Gasteiger partial charge in [-0.2, -0.15) is 13.2 Å². The highest BCUT2D eigenvalue weighted by Crippen LogP contribution is 2.30. The Morgan fingerprint density at radius 1 is 1.07 bits per heavy atom. The molecule has 29 heavy (non-hydrogen) atoms. The molecule has 1 aromatic rings. The number of carbonyl (C=O) groups excluding carboxylic acids is 3. The molecule has 0 N–H and O–H groups in total. The zero-order valence-electron chi connectivity index (χ0n) is 16.4. The van der Waals surface area contributed by atoms with Crippen LogP contribution < -0.4 is 0 Å². The van der Waals surface area contributed by atoms with Crippen LogP contribution in [0.1, 0.15) is 36.2 Å². The minimum absolute atomic E-state index is 0.0198. The Bertz CT molecular complexity index is 802. The Morgan fingerprint density at radius 2 is 1.69 bits per heavy atom. The van der Waals surface area contributed by atoms with Crippen LogP contribution in [0.15, 0.2) is 24.3 Å². The molecule has 0 spiro atoms. The molecule has 2 aliphatic heterocycles. The van der Waals surface area contributed by atoms with Gasteiger partial charge in [0.25, 0.3) is 5.91 Å². The first-order valence-corrected chi connectivity index (χ1v) is 9.62. The lowest BCUT2D eigenvalue weighted by atomic mass is 10.1. The van der Waals surface area contributed by atoms with E-state index >= 15 is 0 Å². The largest absolute Gasteiger partial charge is 0.416 e. The minimum Gasteiger partial charge on any atom is -0.339 e. The van der Waals surface area contributed by atoms with Crippen LogP contribution in [0.3, 0.4) is 0 Å². The molecule has 3 rings (SSSR count). The summed E-state index contributed by atoms with van der Waals surface area (Å²) >= 11 is 0. The summed E-state index contributed by atoms with van der Waals surface area (Å²) in [6.45, 7) is 5.31. The van der Waals surface area contributed by atoms with Gasteiger partial charge in [-0.3, -0.25) is 14.4 Å². The molecule has 6 nitrogen and oxygen atoms in total. The normalized spacial score (nSPS) is 20.6. The van der Waals surface area contributed by atoms with Crippen LogP contribution in [0.4, 0.5) is 13.2 Å². The lowest BCUT2D eigenvalue weighted by Crippen LogP contribution is -2.52. The molecule has 3 amide bonds. The van der Waals surface area contributed by atoms with Gasteiger partial charge in [-0.1, -0.05) is 6.07 Å². The number of hydrogen-bond acceptors (Lipinski definition) is 3. The van der Waals surface area contributed by atoms with Crippen LogP contribution >= 0.6 is 0 Å². The van der Waals surface area contributed by atoms with Gasteiger partial charge < -0.3 is 14.7 Å². The number of hydrogen-bond donors (Lipinski definition) is 0. The summed E-state index contributed by atoms with van der Waals surface area (Å²) in [5.74, 6) is -0.995. The van der Waals surface area contributed by atoms with Crippen molar-refractivity contribution in [2.45, 2.75) is 32.5 Å². The highest BCUT2D eigenvalue weighted by Gasteiger charge is 2.38.